The summed E-state index contributed by atoms with van der Waals surface area (Å²) < 4.78 is 41.3. The van der Waals surface area contributed by atoms with Crippen LogP contribution in [0.15, 0.2) is 22.6 Å². The number of halogens is 2. The number of hydrogen-bond donors (Lipinski definition) is 0. The summed E-state index contributed by atoms with van der Waals surface area (Å²) in [5.41, 5.74) is 0.486. The van der Waals surface area contributed by atoms with Crippen molar-refractivity contribution in [2.24, 2.45) is 4.40 Å². The van der Waals surface area contributed by atoms with Crippen LogP contribution in [0, 0.1) is 11.6 Å². The average Bonchev–Trinajstić information content (AvgIpc) is 2.16. The van der Waals surface area contributed by atoms with Crippen molar-refractivity contribution >= 4 is 16.7 Å². The standard InChI is InChI=1S/C11H13F2NOS/c1-7(2)16(15)14-8(3)10-5-4-9(12)6-11(10)13/h4-7H,1-3H3/b14-8+/t16-/m1/s1. The van der Waals surface area contributed by atoms with Crippen molar-refractivity contribution in [3.8, 4) is 0 Å². The van der Waals surface area contributed by atoms with Crippen molar-refractivity contribution in [2.75, 3.05) is 0 Å². The molecule has 1 atom stereocenters. The van der Waals surface area contributed by atoms with Gasteiger partial charge in [-0.15, -0.1) is 0 Å². The minimum absolute atomic E-state index is 0.126. The zero-order chi connectivity index (χ0) is 12.3. The van der Waals surface area contributed by atoms with E-state index >= 15 is 0 Å². The topological polar surface area (TPSA) is 29.4 Å². The van der Waals surface area contributed by atoms with Gasteiger partial charge in [0.25, 0.3) is 0 Å². The molecule has 0 N–H and O–H groups in total. The first-order valence-corrected chi connectivity index (χ1v) is 6.00. The van der Waals surface area contributed by atoms with Gasteiger partial charge in [-0.3, -0.25) is 0 Å². The molecule has 16 heavy (non-hydrogen) atoms. The van der Waals surface area contributed by atoms with Crippen molar-refractivity contribution in [2.45, 2.75) is 26.0 Å². The van der Waals surface area contributed by atoms with Gasteiger partial charge in [0.05, 0.1) is 11.0 Å². The number of benzene rings is 1. The summed E-state index contributed by atoms with van der Waals surface area (Å²) in [6, 6.07) is 3.23. The maximum absolute atomic E-state index is 13.3. The van der Waals surface area contributed by atoms with Crippen LogP contribution in [-0.2, 0) is 11.0 Å². The summed E-state index contributed by atoms with van der Waals surface area (Å²) in [4.78, 5) is 0. The molecule has 1 rings (SSSR count). The molecule has 0 saturated carbocycles. The van der Waals surface area contributed by atoms with E-state index in [0.29, 0.717) is 5.71 Å². The lowest BCUT2D eigenvalue weighted by atomic mass is 10.1. The Bertz CT molecular complexity index is 444. The second kappa shape index (κ2) is 5.30. The minimum Gasteiger partial charge on any atom is -0.235 e. The van der Waals surface area contributed by atoms with Gasteiger partial charge < -0.3 is 0 Å². The first-order chi connectivity index (χ1) is 7.41. The molecule has 0 unspecified atom stereocenters. The smallest absolute Gasteiger partial charge is 0.142 e. The molecule has 5 heteroatoms. The Hall–Kier alpha value is -1.10. The average molecular weight is 245 g/mol. The predicted octanol–water partition coefficient (Wildman–Crippen LogP) is 2.85. The first-order valence-electron chi connectivity index (χ1n) is 4.83. The van der Waals surface area contributed by atoms with Gasteiger partial charge in [0, 0.05) is 11.6 Å². The van der Waals surface area contributed by atoms with Gasteiger partial charge in [-0.2, -0.15) is 4.40 Å². The van der Waals surface area contributed by atoms with Gasteiger partial charge in [0.2, 0.25) is 0 Å². The first kappa shape index (κ1) is 13.0. The van der Waals surface area contributed by atoms with E-state index in [2.05, 4.69) is 4.40 Å². The highest BCUT2D eigenvalue weighted by atomic mass is 32.2. The third kappa shape index (κ3) is 3.20. The number of hydrogen-bond acceptors (Lipinski definition) is 1. The molecular formula is C11H13F2NOS. The van der Waals surface area contributed by atoms with E-state index in [9.17, 15) is 13.0 Å². The van der Waals surface area contributed by atoms with Crippen LogP contribution in [0.1, 0.15) is 26.3 Å². The van der Waals surface area contributed by atoms with Crippen LogP contribution in [0.3, 0.4) is 0 Å². The molecule has 0 amide bonds. The predicted molar refractivity (Wildman–Crippen MR) is 61.8 cm³/mol. The summed E-state index contributed by atoms with van der Waals surface area (Å²) in [6.07, 6.45) is 0. The molecule has 1 aromatic rings. The molecule has 0 aliphatic carbocycles. The lowest BCUT2D eigenvalue weighted by Gasteiger charge is -2.04. The maximum atomic E-state index is 13.3. The molecule has 2 nitrogen and oxygen atoms in total. The molecule has 0 aliphatic heterocycles. The fourth-order valence-electron chi connectivity index (χ4n) is 1.07. The molecule has 1 aromatic carbocycles. The molecule has 0 aromatic heterocycles. The van der Waals surface area contributed by atoms with E-state index in [1.165, 1.54) is 6.07 Å². The van der Waals surface area contributed by atoms with Crippen molar-refractivity contribution in [1.29, 1.82) is 0 Å². The van der Waals surface area contributed by atoms with Crippen LogP contribution in [0.2, 0.25) is 0 Å². The SMILES string of the molecule is C/C(=N\[S@](=O)C(C)C)c1ccc(F)cc1F. The Labute approximate surface area is 96.0 Å². The molecular weight excluding hydrogens is 232 g/mol. The van der Waals surface area contributed by atoms with Crippen molar-refractivity contribution in [3.63, 3.8) is 0 Å². The summed E-state index contributed by atoms with van der Waals surface area (Å²) in [7, 11) is -1.39. The van der Waals surface area contributed by atoms with Crippen LogP contribution in [0.5, 0.6) is 0 Å². The highest BCUT2D eigenvalue weighted by molar-refractivity contribution is 7.84. The summed E-state index contributed by atoms with van der Waals surface area (Å²) in [5.74, 6) is -1.33. The van der Waals surface area contributed by atoms with E-state index in [1.54, 1.807) is 20.8 Å². The highest BCUT2D eigenvalue weighted by Crippen LogP contribution is 2.11. The fraction of sp³-hybridized carbons (Fsp3) is 0.364. The van der Waals surface area contributed by atoms with Crippen molar-refractivity contribution in [1.82, 2.24) is 0 Å². The Morgan fingerprint density at radius 3 is 2.50 bits per heavy atom. The molecule has 0 spiro atoms. The van der Waals surface area contributed by atoms with E-state index < -0.39 is 22.6 Å². The zero-order valence-corrected chi connectivity index (χ0v) is 10.1. The van der Waals surface area contributed by atoms with Gasteiger partial charge in [-0.25, -0.2) is 13.0 Å². The lowest BCUT2D eigenvalue weighted by molar-refractivity contribution is 0.582. The van der Waals surface area contributed by atoms with Gasteiger partial charge >= 0.3 is 0 Å². The number of rotatable bonds is 3. The van der Waals surface area contributed by atoms with Crippen LogP contribution >= 0.6 is 0 Å². The molecule has 0 radical (unpaired) electrons. The van der Waals surface area contributed by atoms with E-state index in [-0.39, 0.29) is 10.8 Å². The second-order valence-corrected chi connectivity index (χ2v) is 5.30. The molecule has 88 valence electrons. The highest BCUT2D eigenvalue weighted by Gasteiger charge is 2.09. The Morgan fingerprint density at radius 1 is 1.38 bits per heavy atom. The van der Waals surface area contributed by atoms with Gasteiger partial charge in [0.1, 0.15) is 22.6 Å². The van der Waals surface area contributed by atoms with Crippen LogP contribution in [0.4, 0.5) is 8.78 Å². The van der Waals surface area contributed by atoms with Crippen molar-refractivity contribution < 1.29 is 13.0 Å². The van der Waals surface area contributed by atoms with Crippen molar-refractivity contribution in [3.05, 3.63) is 35.4 Å². The molecule has 0 saturated heterocycles. The monoisotopic (exact) mass is 245 g/mol. The summed E-state index contributed by atoms with van der Waals surface area (Å²) >= 11 is 0. The summed E-state index contributed by atoms with van der Waals surface area (Å²) in [5, 5.41) is -0.126. The number of nitrogens with zero attached hydrogens (tertiary/aromatic N) is 1. The fourth-order valence-corrected chi connectivity index (χ4v) is 1.65. The zero-order valence-electron chi connectivity index (χ0n) is 9.33. The third-order valence-electron chi connectivity index (χ3n) is 1.95. The second-order valence-electron chi connectivity index (χ2n) is 3.63. The van der Waals surface area contributed by atoms with Gasteiger partial charge in [-0.05, 0) is 32.9 Å². The normalized spacial score (nSPS) is 14.2. The van der Waals surface area contributed by atoms with E-state index in [4.69, 9.17) is 0 Å². The Balaban J connectivity index is 3.05. The Kier molecular flexibility index (Phi) is 4.29. The van der Waals surface area contributed by atoms with Gasteiger partial charge in [-0.1, -0.05) is 0 Å². The van der Waals surface area contributed by atoms with Crippen LogP contribution in [0.25, 0.3) is 0 Å². The van der Waals surface area contributed by atoms with E-state index in [0.717, 1.165) is 12.1 Å². The quantitative estimate of drug-likeness (QED) is 0.753. The lowest BCUT2D eigenvalue weighted by Crippen LogP contribution is -2.07. The van der Waals surface area contributed by atoms with Crippen LogP contribution in [-0.4, -0.2) is 15.2 Å². The molecule has 0 aliphatic rings. The van der Waals surface area contributed by atoms with E-state index in [1.807, 2.05) is 0 Å². The largest absolute Gasteiger partial charge is 0.235 e. The summed E-state index contributed by atoms with van der Waals surface area (Å²) in [6.45, 7) is 5.07. The minimum atomic E-state index is -1.39. The van der Waals surface area contributed by atoms with Crippen LogP contribution < -0.4 is 0 Å². The molecule has 0 heterocycles. The maximum Gasteiger partial charge on any atom is 0.142 e. The van der Waals surface area contributed by atoms with Gasteiger partial charge in [0.15, 0.2) is 0 Å². The molecule has 0 bridgehead atoms. The Morgan fingerprint density at radius 2 is 2.00 bits per heavy atom. The molecule has 0 fully saturated rings. The third-order valence-corrected chi connectivity index (χ3v) is 3.21.